The first-order valence-corrected chi connectivity index (χ1v) is 10.5. The minimum Gasteiger partial charge on any atom is -0.370 e. The first-order valence-electron chi connectivity index (χ1n) is 10.5. The lowest BCUT2D eigenvalue weighted by Crippen LogP contribution is -2.29. The van der Waals surface area contributed by atoms with Crippen LogP contribution in [0.2, 0.25) is 0 Å². The lowest BCUT2D eigenvalue weighted by atomic mass is 10.0. The number of hydrogen-bond acceptors (Lipinski definition) is 5. The molecule has 0 bridgehead atoms. The van der Waals surface area contributed by atoms with E-state index in [-0.39, 0.29) is 17.9 Å². The average Bonchev–Trinajstić information content (AvgIpc) is 3.02. The van der Waals surface area contributed by atoms with Crippen LogP contribution in [0.4, 0.5) is 11.5 Å². The molecule has 2 N–H and O–H groups in total. The Morgan fingerprint density at radius 1 is 1.20 bits per heavy atom. The first-order chi connectivity index (χ1) is 14.4. The summed E-state index contributed by atoms with van der Waals surface area (Å²) in [5, 5.41) is 8.16. The Morgan fingerprint density at radius 2 is 1.97 bits per heavy atom. The maximum absolute atomic E-state index is 12.5. The number of anilines is 2. The van der Waals surface area contributed by atoms with Gasteiger partial charge in [0.15, 0.2) is 0 Å². The molecule has 1 aliphatic rings. The van der Waals surface area contributed by atoms with Crippen molar-refractivity contribution < 1.29 is 4.79 Å². The van der Waals surface area contributed by atoms with Gasteiger partial charge >= 0.3 is 0 Å². The fourth-order valence-corrected chi connectivity index (χ4v) is 4.30. The number of aryl methyl sites for hydroxylation is 3. The van der Waals surface area contributed by atoms with Crippen LogP contribution >= 0.6 is 0 Å². The normalized spacial score (nSPS) is 14.3. The molecule has 0 atom stereocenters. The standard InChI is InChI=1S/C22H28N6O2/c1-14-17(22(30)25-21-20(14)15(2)26-27(21)3)8-10-19(29)24-18-9-7-16(13-23-18)28-11-5-4-6-12-28/h7,9,13H,4-6,8,10-12H2,1-3H3,(H,25,30)(H,23,24,29). The van der Waals surface area contributed by atoms with Crippen molar-refractivity contribution in [3.05, 3.63) is 45.5 Å². The fourth-order valence-electron chi connectivity index (χ4n) is 4.30. The molecule has 3 aromatic rings. The second-order valence-corrected chi connectivity index (χ2v) is 7.99. The summed E-state index contributed by atoms with van der Waals surface area (Å²) in [6.07, 6.45) is 6.10. The first kappa shape index (κ1) is 20.1. The minimum absolute atomic E-state index is 0.157. The Morgan fingerprint density at radius 3 is 2.67 bits per heavy atom. The molecule has 0 saturated carbocycles. The largest absolute Gasteiger partial charge is 0.370 e. The van der Waals surface area contributed by atoms with Gasteiger partial charge in [-0.3, -0.25) is 14.3 Å². The molecule has 158 valence electrons. The van der Waals surface area contributed by atoms with Crippen molar-refractivity contribution in [2.75, 3.05) is 23.3 Å². The fraction of sp³-hybridized carbons (Fsp3) is 0.455. The average molecular weight is 409 g/mol. The lowest BCUT2D eigenvalue weighted by molar-refractivity contribution is -0.116. The summed E-state index contributed by atoms with van der Waals surface area (Å²) in [6, 6.07) is 3.84. The Balaban J connectivity index is 1.41. The molecule has 0 unspecified atom stereocenters. The number of nitrogens with zero attached hydrogens (tertiary/aromatic N) is 4. The monoisotopic (exact) mass is 408 g/mol. The van der Waals surface area contributed by atoms with E-state index in [1.165, 1.54) is 19.3 Å². The van der Waals surface area contributed by atoms with E-state index in [0.29, 0.717) is 23.4 Å². The van der Waals surface area contributed by atoms with E-state index in [2.05, 4.69) is 25.3 Å². The van der Waals surface area contributed by atoms with Crippen molar-refractivity contribution in [2.24, 2.45) is 7.05 Å². The van der Waals surface area contributed by atoms with Crippen LogP contribution in [0.1, 0.15) is 42.5 Å². The van der Waals surface area contributed by atoms with E-state index in [1.807, 2.05) is 32.2 Å². The van der Waals surface area contributed by atoms with Gasteiger partial charge in [-0.1, -0.05) is 0 Å². The third-order valence-electron chi connectivity index (χ3n) is 5.89. The number of amides is 1. The number of fused-ring (bicyclic) bond motifs is 1. The molecule has 4 heterocycles. The highest BCUT2D eigenvalue weighted by atomic mass is 16.1. The topological polar surface area (TPSA) is 95.9 Å². The van der Waals surface area contributed by atoms with Gasteiger partial charge in [-0.15, -0.1) is 0 Å². The zero-order chi connectivity index (χ0) is 21.3. The van der Waals surface area contributed by atoms with E-state index >= 15 is 0 Å². The van der Waals surface area contributed by atoms with Gasteiger partial charge in [0.05, 0.1) is 17.6 Å². The molecule has 1 saturated heterocycles. The summed E-state index contributed by atoms with van der Waals surface area (Å²) < 4.78 is 1.68. The molecule has 0 radical (unpaired) electrons. The summed E-state index contributed by atoms with van der Waals surface area (Å²) in [5.41, 5.74) is 4.01. The van der Waals surface area contributed by atoms with E-state index < -0.39 is 0 Å². The number of hydrogen-bond donors (Lipinski definition) is 2. The third kappa shape index (κ3) is 3.94. The number of aromatic amines is 1. The number of carbonyl (C=O) groups excluding carboxylic acids is 1. The van der Waals surface area contributed by atoms with Crippen molar-refractivity contribution in [3.63, 3.8) is 0 Å². The molecular weight excluding hydrogens is 380 g/mol. The molecule has 1 amide bonds. The quantitative estimate of drug-likeness (QED) is 0.677. The number of aromatic nitrogens is 4. The predicted octanol–water partition coefficient (Wildman–Crippen LogP) is 2.84. The maximum Gasteiger partial charge on any atom is 0.253 e. The Hall–Kier alpha value is -3.16. The van der Waals surface area contributed by atoms with E-state index in [9.17, 15) is 9.59 Å². The highest BCUT2D eigenvalue weighted by molar-refractivity contribution is 5.90. The maximum atomic E-state index is 12.5. The van der Waals surface area contributed by atoms with E-state index in [1.54, 1.807) is 11.7 Å². The van der Waals surface area contributed by atoms with Gasteiger partial charge in [0, 0.05) is 37.5 Å². The summed E-state index contributed by atoms with van der Waals surface area (Å²) in [5.74, 6) is 0.375. The van der Waals surface area contributed by atoms with Crippen molar-refractivity contribution >= 4 is 28.4 Å². The second kappa shape index (κ2) is 8.30. The van der Waals surface area contributed by atoms with Crippen LogP contribution in [-0.4, -0.2) is 38.7 Å². The lowest BCUT2D eigenvalue weighted by Gasteiger charge is -2.28. The van der Waals surface area contributed by atoms with Gasteiger partial charge in [-0.05, 0) is 57.2 Å². The van der Waals surface area contributed by atoms with E-state index in [0.717, 1.165) is 35.4 Å². The van der Waals surface area contributed by atoms with Gasteiger partial charge in [0.25, 0.3) is 5.56 Å². The molecule has 1 aliphatic heterocycles. The van der Waals surface area contributed by atoms with Gasteiger partial charge in [-0.25, -0.2) is 4.98 Å². The summed E-state index contributed by atoms with van der Waals surface area (Å²) in [7, 11) is 1.81. The number of pyridine rings is 2. The highest BCUT2D eigenvalue weighted by Gasteiger charge is 2.16. The molecule has 8 heteroatoms. The van der Waals surface area contributed by atoms with Crippen LogP contribution in [0, 0.1) is 13.8 Å². The zero-order valence-electron chi connectivity index (χ0n) is 17.8. The second-order valence-electron chi connectivity index (χ2n) is 7.99. The predicted molar refractivity (Wildman–Crippen MR) is 118 cm³/mol. The SMILES string of the molecule is Cc1nn(C)c2[nH]c(=O)c(CCC(=O)Nc3ccc(N4CCCCC4)cn3)c(C)c12. The summed E-state index contributed by atoms with van der Waals surface area (Å²) >= 11 is 0. The Labute approximate surface area is 175 Å². The molecule has 8 nitrogen and oxygen atoms in total. The molecule has 4 rings (SSSR count). The number of H-pyrrole nitrogens is 1. The molecule has 0 aromatic carbocycles. The summed E-state index contributed by atoms with van der Waals surface area (Å²) in [6.45, 7) is 5.95. The molecule has 1 fully saturated rings. The van der Waals surface area contributed by atoms with Gasteiger partial charge in [0.2, 0.25) is 5.91 Å². The number of piperidine rings is 1. The van der Waals surface area contributed by atoms with Gasteiger partial charge in [-0.2, -0.15) is 5.10 Å². The van der Waals surface area contributed by atoms with E-state index in [4.69, 9.17) is 0 Å². The van der Waals surface area contributed by atoms with Crippen LogP contribution < -0.4 is 15.8 Å². The van der Waals surface area contributed by atoms with Crippen LogP contribution in [-0.2, 0) is 18.3 Å². The van der Waals surface area contributed by atoms with Crippen LogP contribution in [0.15, 0.2) is 23.1 Å². The molecule has 0 spiro atoms. The third-order valence-corrected chi connectivity index (χ3v) is 5.89. The smallest absolute Gasteiger partial charge is 0.253 e. The molecule has 30 heavy (non-hydrogen) atoms. The number of nitrogens with one attached hydrogen (secondary N) is 2. The van der Waals surface area contributed by atoms with Crippen molar-refractivity contribution in [3.8, 4) is 0 Å². The molecule has 0 aliphatic carbocycles. The van der Waals surface area contributed by atoms with Gasteiger partial charge in [0.1, 0.15) is 11.5 Å². The Kier molecular flexibility index (Phi) is 5.57. The van der Waals surface area contributed by atoms with Crippen molar-refractivity contribution in [1.82, 2.24) is 19.7 Å². The van der Waals surface area contributed by atoms with Crippen LogP contribution in [0.3, 0.4) is 0 Å². The molecule has 3 aromatic heterocycles. The van der Waals surface area contributed by atoms with Crippen LogP contribution in [0.5, 0.6) is 0 Å². The van der Waals surface area contributed by atoms with Gasteiger partial charge < -0.3 is 15.2 Å². The molecular formula is C22H28N6O2. The van der Waals surface area contributed by atoms with Crippen LogP contribution in [0.25, 0.3) is 11.0 Å². The minimum atomic E-state index is -0.167. The summed E-state index contributed by atoms with van der Waals surface area (Å²) in [4.78, 5) is 34.6. The van der Waals surface area contributed by atoms with Crippen molar-refractivity contribution in [1.29, 1.82) is 0 Å². The highest BCUT2D eigenvalue weighted by Crippen LogP contribution is 2.22. The Bertz CT molecular complexity index is 1120. The van der Waals surface area contributed by atoms with Crippen molar-refractivity contribution in [2.45, 2.75) is 46.0 Å². The number of rotatable bonds is 5. The zero-order valence-corrected chi connectivity index (χ0v) is 17.8. The number of carbonyl (C=O) groups is 1.